The smallest absolute Gasteiger partial charge is 0.245 e. The number of phenolic OH excluding ortho intramolecular Hbond substituents is 1. The summed E-state index contributed by atoms with van der Waals surface area (Å²) in [6.07, 6.45) is 2.99. The zero-order valence-electron chi connectivity index (χ0n) is 57.9. The lowest BCUT2D eigenvalue weighted by atomic mass is 9.97. The third-order valence-corrected chi connectivity index (χ3v) is 17.1. The zero-order valence-corrected chi connectivity index (χ0v) is 58.7. The molecule has 0 radical (unpaired) electrons. The number of nitrogens with one attached hydrogen (secondary N) is 13. The number of aliphatic imine (C=N–C) groups is 1. The molecule has 1 fully saturated rings. The second-order valence-electron chi connectivity index (χ2n) is 25.5. The number of imidazole rings is 1. The van der Waals surface area contributed by atoms with Crippen LogP contribution in [0.4, 0.5) is 0 Å². The van der Waals surface area contributed by atoms with E-state index in [0.717, 1.165) is 11.8 Å². The molecule has 13 amide bonds. The molecule has 101 heavy (non-hydrogen) atoms. The molecule has 1 saturated heterocycles. The lowest BCUT2D eigenvalue weighted by Gasteiger charge is -2.29. The highest BCUT2D eigenvalue weighted by molar-refractivity contribution is 8.00. The number of primary amides is 1. The summed E-state index contributed by atoms with van der Waals surface area (Å²) < 4.78 is 0. The number of aromatic amines is 1. The van der Waals surface area contributed by atoms with Gasteiger partial charge in [0.15, 0.2) is 5.96 Å². The fourth-order valence-corrected chi connectivity index (χ4v) is 11.3. The number of hydrogen-bond acceptors (Lipinski definition) is 19. The summed E-state index contributed by atoms with van der Waals surface area (Å²) in [5.41, 5.74) is 24.2. The number of aromatic hydroxyl groups is 1. The zero-order chi connectivity index (χ0) is 74.7. The van der Waals surface area contributed by atoms with Gasteiger partial charge in [0, 0.05) is 43.5 Å². The quantitative estimate of drug-likeness (QED) is 0.0257. The van der Waals surface area contributed by atoms with E-state index < -0.39 is 169 Å². The minimum absolute atomic E-state index is 0.00220. The highest BCUT2D eigenvalue weighted by Gasteiger charge is 2.38. The van der Waals surface area contributed by atoms with Crippen molar-refractivity contribution in [3.63, 3.8) is 0 Å². The van der Waals surface area contributed by atoms with Crippen molar-refractivity contribution < 1.29 is 72.5 Å². The van der Waals surface area contributed by atoms with Crippen molar-refractivity contribution in [3.8, 4) is 5.75 Å². The molecule has 4 rings (SSSR count). The van der Waals surface area contributed by atoms with Crippen LogP contribution in [0, 0.1) is 17.8 Å². The standard InChI is InChI=1S/C66H101N19O15S/c1-7-38(6)55-65(100)84-50(32-86)64(99)80-45(24-36(2)3)57(92)74-30-52(88)73-31-53(89)77-51(56(68)91)33-101-34-54(90)76-47(27-40-18-20-42(87)21-19-40)61(96)81-46(25-37(4)5)60(95)79-44(17-13-23-72-66(69)70)59(94)82-48(26-39-14-9-8-10-15-39)62(97)78-43(16-11-12-22-67)58(93)83-49(63(98)85-55)28-41-29-71-35-75-41/h8-10,14-15,18-21,29,35-38,43-51,55,86-87H,7,11-13,16-17,22-28,30-34,67H2,1-6H3,(H2,68,91)(H,71,75)(H,73,88)(H,74,92)(H,76,90)(H,77,89)(H,78,97)(H,79,95)(H,80,99)(H,81,96)(H,82,94)(H,83,93)(H,84,100)(H,85,98)(H4,69,70,72)/t38-,43-,44-,45-,46-,47-,48-,49-,50-,51-,55-/m0/s1. The number of nitrogens with two attached hydrogens (primary N) is 4. The summed E-state index contributed by atoms with van der Waals surface area (Å²) in [6.45, 7) is 8.15. The highest BCUT2D eigenvalue weighted by atomic mass is 32.2. The molecule has 0 saturated carbocycles. The molecule has 3 aromatic rings. The number of carbonyl (C=O) groups is 13. The molecular formula is C66H101N19O15S. The average Bonchev–Trinajstić information content (AvgIpc) is 1.19. The molecule has 0 spiro atoms. The summed E-state index contributed by atoms with van der Waals surface area (Å²) in [6, 6.07) is -0.201. The van der Waals surface area contributed by atoms with Gasteiger partial charge in [0.05, 0.1) is 31.8 Å². The van der Waals surface area contributed by atoms with Crippen molar-refractivity contribution in [2.75, 3.05) is 44.3 Å². The minimum atomic E-state index is -1.71. The first-order valence-corrected chi connectivity index (χ1v) is 34.7. The second-order valence-corrected chi connectivity index (χ2v) is 26.5. The predicted molar refractivity (Wildman–Crippen MR) is 374 cm³/mol. The molecule has 11 atom stereocenters. The number of H-pyrrole nitrogens is 1. The summed E-state index contributed by atoms with van der Waals surface area (Å²) in [7, 11) is 0. The van der Waals surface area contributed by atoms with Crippen molar-refractivity contribution in [2.45, 2.75) is 173 Å². The first-order valence-electron chi connectivity index (χ1n) is 33.6. The molecule has 2 aromatic carbocycles. The summed E-state index contributed by atoms with van der Waals surface area (Å²) in [5, 5.41) is 51.7. The number of phenols is 1. The highest BCUT2D eigenvalue weighted by Crippen LogP contribution is 2.17. The molecule has 2 heterocycles. The Hall–Kier alpha value is -9.90. The van der Waals surface area contributed by atoms with Gasteiger partial charge in [-0.25, -0.2) is 4.98 Å². The predicted octanol–water partition coefficient (Wildman–Crippen LogP) is -4.23. The molecule has 35 heteroatoms. The van der Waals surface area contributed by atoms with Crippen LogP contribution in [0.3, 0.4) is 0 Å². The Morgan fingerprint density at radius 3 is 1.59 bits per heavy atom. The molecule has 1 aliphatic rings. The Kier molecular flexibility index (Phi) is 36.0. The van der Waals surface area contributed by atoms with Crippen LogP contribution in [0.1, 0.15) is 110 Å². The van der Waals surface area contributed by atoms with Gasteiger partial charge in [0.1, 0.15) is 66.2 Å². The van der Waals surface area contributed by atoms with E-state index in [1.54, 1.807) is 71.9 Å². The number of nitrogens with zero attached hydrogens (tertiary/aromatic N) is 2. The Morgan fingerprint density at radius 2 is 1.05 bits per heavy atom. The van der Waals surface area contributed by atoms with Crippen LogP contribution < -0.4 is 86.7 Å². The molecule has 1 aliphatic heterocycles. The molecule has 0 unspecified atom stereocenters. The number of unbranched alkanes of at least 4 members (excludes halogenated alkanes) is 1. The van der Waals surface area contributed by atoms with E-state index in [1.807, 2.05) is 0 Å². The van der Waals surface area contributed by atoms with E-state index in [1.165, 1.54) is 36.8 Å². The maximum atomic E-state index is 15.0. The molecule has 34 nitrogen and oxygen atoms in total. The number of aliphatic hydroxyl groups is 1. The molecule has 1 aromatic heterocycles. The van der Waals surface area contributed by atoms with Gasteiger partial charge >= 0.3 is 0 Å². The number of aromatic nitrogens is 2. The lowest BCUT2D eigenvalue weighted by molar-refractivity contribution is -0.137. The SMILES string of the molecule is CC[C@H](C)[C@@H]1NC(=O)[C@H](Cc2cnc[nH]2)NC(=O)[C@H](CCCCN)NC(=O)[C@H](Cc2ccccc2)NC(=O)[C@H](CCCN=C(N)N)NC(=O)[C@H](CC(C)C)NC(=O)[C@H](Cc2ccc(O)cc2)NC(=O)CSC[C@@H](C(N)=O)NC(=O)CNC(=O)CNC(=O)[C@H](CC(C)C)NC(=O)[C@H](CO)NC1=O. The average molecular weight is 1430 g/mol. The van der Waals surface area contributed by atoms with Gasteiger partial charge in [-0.15, -0.1) is 11.8 Å². The normalized spacial score (nSPS) is 23.5. The maximum absolute atomic E-state index is 15.0. The maximum Gasteiger partial charge on any atom is 0.245 e. The minimum Gasteiger partial charge on any atom is -0.508 e. The Balaban J connectivity index is 1.83. The van der Waals surface area contributed by atoms with Crippen LogP contribution in [0.15, 0.2) is 72.1 Å². The van der Waals surface area contributed by atoms with E-state index in [4.69, 9.17) is 22.9 Å². The third kappa shape index (κ3) is 30.6. The summed E-state index contributed by atoms with van der Waals surface area (Å²) >= 11 is 0.842. The number of benzene rings is 2. The van der Waals surface area contributed by atoms with Crippen LogP contribution in [0.25, 0.3) is 0 Å². The van der Waals surface area contributed by atoms with Gasteiger partial charge in [-0.3, -0.25) is 67.3 Å². The summed E-state index contributed by atoms with van der Waals surface area (Å²) in [4.78, 5) is 194. The largest absolute Gasteiger partial charge is 0.508 e. The number of carbonyl (C=O) groups excluding carboxylic acids is 13. The Bertz CT molecular complexity index is 3270. The van der Waals surface area contributed by atoms with Gasteiger partial charge in [0.25, 0.3) is 0 Å². The number of amides is 13. The van der Waals surface area contributed by atoms with E-state index in [-0.39, 0.29) is 107 Å². The van der Waals surface area contributed by atoms with Crippen LogP contribution in [0.5, 0.6) is 5.75 Å². The summed E-state index contributed by atoms with van der Waals surface area (Å²) in [5.74, 6) is -13.8. The van der Waals surface area contributed by atoms with Gasteiger partial charge in [-0.2, -0.15) is 0 Å². The van der Waals surface area contributed by atoms with Crippen molar-refractivity contribution >= 4 is 94.5 Å². The van der Waals surface area contributed by atoms with Crippen LogP contribution >= 0.6 is 11.8 Å². The molecule has 0 bridgehead atoms. The van der Waals surface area contributed by atoms with Crippen molar-refractivity contribution in [3.05, 3.63) is 83.9 Å². The van der Waals surface area contributed by atoms with Crippen molar-refractivity contribution in [1.29, 1.82) is 0 Å². The van der Waals surface area contributed by atoms with Gasteiger partial charge in [-0.1, -0.05) is 90.4 Å². The third-order valence-electron chi connectivity index (χ3n) is 16.1. The van der Waals surface area contributed by atoms with Crippen molar-refractivity contribution in [2.24, 2.45) is 45.7 Å². The Labute approximate surface area is 590 Å². The van der Waals surface area contributed by atoms with E-state index >= 15 is 0 Å². The number of aliphatic hydroxyl groups excluding tert-OH is 1. The van der Waals surface area contributed by atoms with Crippen LogP contribution in [-0.2, 0) is 81.6 Å². The lowest BCUT2D eigenvalue weighted by Crippen LogP contribution is -2.62. The first kappa shape index (κ1) is 83.5. The van der Waals surface area contributed by atoms with Crippen LogP contribution in [0.2, 0.25) is 0 Å². The number of hydrogen-bond donors (Lipinski definition) is 19. The molecular weight excluding hydrogens is 1330 g/mol. The topological polar surface area (TPSA) is 552 Å². The molecule has 23 N–H and O–H groups in total. The van der Waals surface area contributed by atoms with Crippen molar-refractivity contribution in [1.82, 2.24) is 73.8 Å². The van der Waals surface area contributed by atoms with Gasteiger partial charge in [-0.05, 0) is 92.5 Å². The second kappa shape index (κ2) is 43.6. The number of rotatable bonds is 22. The van der Waals surface area contributed by atoms with E-state index in [2.05, 4.69) is 78.8 Å². The monoisotopic (exact) mass is 1430 g/mol. The fourth-order valence-electron chi connectivity index (χ4n) is 10.4. The first-order chi connectivity index (χ1) is 48.0. The van der Waals surface area contributed by atoms with E-state index in [0.29, 0.717) is 23.2 Å². The van der Waals surface area contributed by atoms with Crippen LogP contribution in [-0.4, -0.2) is 208 Å². The molecule has 0 aliphatic carbocycles. The van der Waals surface area contributed by atoms with Gasteiger partial charge < -0.3 is 102 Å². The fraction of sp³-hybridized carbons (Fsp3) is 0.561. The number of guanidine groups is 1. The number of thioether (sulfide) groups is 1. The van der Waals surface area contributed by atoms with Gasteiger partial charge in [0.2, 0.25) is 76.8 Å². The Morgan fingerprint density at radius 1 is 0.554 bits per heavy atom. The molecule has 556 valence electrons. The van der Waals surface area contributed by atoms with E-state index in [9.17, 15) is 72.5 Å².